The maximum absolute atomic E-state index is 5.73. The Balaban J connectivity index is 2.41. The molecule has 0 fully saturated rings. The van der Waals surface area contributed by atoms with Gasteiger partial charge in [-0.25, -0.2) is 0 Å². The summed E-state index contributed by atoms with van der Waals surface area (Å²) in [6, 6.07) is 17.9. The van der Waals surface area contributed by atoms with Crippen LogP contribution in [0, 0.1) is 13.8 Å². The van der Waals surface area contributed by atoms with E-state index in [0.29, 0.717) is 0 Å². The second kappa shape index (κ2) is 7.16. The Bertz CT molecular complexity index is 529. The van der Waals surface area contributed by atoms with Gasteiger partial charge in [-0.05, 0) is 0 Å². The van der Waals surface area contributed by atoms with Gasteiger partial charge in [-0.15, -0.1) is 0 Å². The van der Waals surface area contributed by atoms with Crippen LogP contribution in [0.1, 0.15) is 11.1 Å². The summed E-state index contributed by atoms with van der Waals surface area (Å²) in [7, 11) is 0. The Morgan fingerprint density at radius 3 is 1.89 bits per heavy atom. The number of aryl methyl sites for hydroxylation is 2. The summed E-state index contributed by atoms with van der Waals surface area (Å²) in [5.41, 5.74) is 4.35. The van der Waals surface area contributed by atoms with Crippen LogP contribution < -0.4 is 7.16 Å². The topological polar surface area (TPSA) is 0 Å². The van der Waals surface area contributed by atoms with E-state index in [1.807, 2.05) is 0 Å². The van der Waals surface area contributed by atoms with Crippen LogP contribution in [0.3, 0.4) is 0 Å². The summed E-state index contributed by atoms with van der Waals surface area (Å²) >= 11 is 3.89. The van der Waals surface area contributed by atoms with Gasteiger partial charge in [0.25, 0.3) is 0 Å². The van der Waals surface area contributed by atoms with Crippen molar-refractivity contribution in [3.05, 3.63) is 71.3 Å². The fraction of sp³-hybridized carbons (Fsp3) is 0.176. The van der Waals surface area contributed by atoms with Crippen molar-refractivity contribution < 1.29 is 0 Å². The summed E-state index contributed by atoms with van der Waals surface area (Å²) in [5, 5.41) is 0. The molecule has 0 heterocycles. The molecule has 97 valence electrons. The first-order valence-corrected chi connectivity index (χ1v) is 11.8. The zero-order chi connectivity index (χ0) is 13.7. The van der Waals surface area contributed by atoms with Crippen molar-refractivity contribution in [2.24, 2.45) is 0 Å². The first kappa shape index (κ1) is 14.7. The van der Waals surface area contributed by atoms with Crippen molar-refractivity contribution in [3.8, 4) is 0 Å². The van der Waals surface area contributed by atoms with E-state index in [2.05, 4.69) is 68.5 Å². The van der Waals surface area contributed by atoms with E-state index in [-0.39, 0.29) is 0 Å². The minimum absolute atomic E-state index is 1.12. The van der Waals surface area contributed by atoms with E-state index in [4.69, 9.17) is 11.6 Å². The van der Waals surface area contributed by atoms with Gasteiger partial charge < -0.3 is 0 Å². The molecule has 2 rings (SSSR count). The van der Waals surface area contributed by atoms with Crippen LogP contribution >= 0.6 is 11.6 Å². The number of rotatable bonds is 4. The quantitative estimate of drug-likeness (QED) is 0.715. The Labute approximate surface area is 127 Å². The second-order valence-corrected chi connectivity index (χ2v) is 12.2. The third kappa shape index (κ3) is 4.12. The van der Waals surface area contributed by atoms with Gasteiger partial charge in [-0.3, -0.25) is 0 Å². The van der Waals surface area contributed by atoms with E-state index in [0.717, 1.165) is 4.44 Å². The summed E-state index contributed by atoms with van der Waals surface area (Å²) in [4.78, 5) is 0. The van der Waals surface area contributed by atoms with Crippen LogP contribution in [-0.2, 0) is 0 Å². The van der Waals surface area contributed by atoms with Crippen LogP contribution in [0.4, 0.5) is 0 Å². The van der Waals surface area contributed by atoms with Crippen LogP contribution in [-0.4, -0.2) is 19.8 Å². The molecule has 2 heteroatoms. The predicted molar refractivity (Wildman–Crippen MR) is 87.2 cm³/mol. The van der Waals surface area contributed by atoms with E-state index in [1.165, 1.54) is 11.1 Å². The molecule has 2 aromatic carbocycles. The van der Waals surface area contributed by atoms with Gasteiger partial charge >= 0.3 is 128 Å². The number of hydrogen-bond donors (Lipinski definition) is 0. The molecule has 1 radical (unpaired) electrons. The van der Waals surface area contributed by atoms with Crippen LogP contribution in [0.5, 0.6) is 0 Å². The van der Waals surface area contributed by atoms with Crippen LogP contribution in [0.25, 0.3) is 0 Å². The average molecular weight is 376 g/mol. The molecule has 0 saturated carbocycles. The van der Waals surface area contributed by atoms with Gasteiger partial charge in [0.1, 0.15) is 0 Å². The first-order valence-electron chi connectivity index (χ1n) is 6.46. The van der Waals surface area contributed by atoms with Crippen molar-refractivity contribution >= 4 is 38.5 Å². The molecule has 0 aliphatic carbocycles. The standard InChI is InChI=1S/2C7H7.C3H4Cl.Sn/c2*1-7-5-3-2-4-6-7;1-2-3-4;/h2*2-3,5-6H,1H3;2-3H,1H2;. The monoisotopic (exact) mass is 377 g/mol. The Morgan fingerprint density at radius 1 is 0.947 bits per heavy atom. The van der Waals surface area contributed by atoms with Crippen molar-refractivity contribution in [2.45, 2.75) is 18.3 Å². The average Bonchev–Trinajstić information content (AvgIpc) is 2.39. The maximum atomic E-state index is 5.73. The zero-order valence-corrected chi connectivity index (χ0v) is 15.0. The van der Waals surface area contributed by atoms with Gasteiger partial charge in [0.05, 0.1) is 0 Å². The van der Waals surface area contributed by atoms with E-state index in [1.54, 1.807) is 12.7 Å². The summed E-state index contributed by atoms with van der Waals surface area (Å²) in [6.07, 6.45) is 2.11. The summed E-state index contributed by atoms with van der Waals surface area (Å²) in [5.74, 6) is 0. The van der Waals surface area contributed by atoms with Gasteiger partial charge in [-0.1, -0.05) is 0 Å². The third-order valence-electron chi connectivity index (χ3n) is 3.14. The molecule has 0 bridgehead atoms. The van der Waals surface area contributed by atoms with Crippen molar-refractivity contribution in [1.29, 1.82) is 0 Å². The molecule has 0 saturated heterocycles. The molecule has 0 atom stereocenters. The number of benzene rings is 2. The first-order chi connectivity index (χ1) is 9.20. The zero-order valence-electron chi connectivity index (χ0n) is 11.4. The van der Waals surface area contributed by atoms with Crippen LogP contribution in [0.15, 0.2) is 60.1 Å². The van der Waals surface area contributed by atoms with Gasteiger partial charge in [0.2, 0.25) is 0 Å². The fourth-order valence-electron chi connectivity index (χ4n) is 2.23. The summed E-state index contributed by atoms with van der Waals surface area (Å²) < 4.78 is 4.21. The SMILES string of the molecule is Cc1ccc[c]([Sn]([CH2]C=CCl)[c]2cccc(C)c2)c1. The fourth-order valence-corrected chi connectivity index (χ4v) is 10.0. The summed E-state index contributed by atoms with van der Waals surface area (Å²) in [6.45, 7) is 4.33. The number of hydrogen-bond acceptors (Lipinski definition) is 0. The molecule has 0 aliphatic rings. The Hall–Kier alpha value is -0.731. The Kier molecular flexibility index (Phi) is 5.53. The van der Waals surface area contributed by atoms with Crippen molar-refractivity contribution in [3.63, 3.8) is 0 Å². The Morgan fingerprint density at radius 2 is 1.47 bits per heavy atom. The van der Waals surface area contributed by atoms with Crippen molar-refractivity contribution in [2.75, 3.05) is 0 Å². The molecule has 0 unspecified atom stereocenters. The van der Waals surface area contributed by atoms with Gasteiger partial charge in [0, 0.05) is 0 Å². The third-order valence-corrected chi connectivity index (χ3v) is 10.9. The molecule has 19 heavy (non-hydrogen) atoms. The minimum atomic E-state index is -1.85. The van der Waals surface area contributed by atoms with Crippen molar-refractivity contribution in [1.82, 2.24) is 0 Å². The molecule has 0 aliphatic heterocycles. The predicted octanol–water partition coefficient (Wildman–Crippen LogP) is 3.66. The van der Waals surface area contributed by atoms with E-state index < -0.39 is 19.8 Å². The molecule has 0 amide bonds. The molecule has 2 aromatic rings. The normalized spacial score (nSPS) is 11.4. The molecule has 0 nitrogen and oxygen atoms in total. The number of allylic oxidation sites excluding steroid dienone is 1. The van der Waals surface area contributed by atoms with Gasteiger partial charge in [-0.2, -0.15) is 0 Å². The second-order valence-electron chi connectivity index (χ2n) is 4.78. The van der Waals surface area contributed by atoms with Crippen LogP contribution in [0.2, 0.25) is 4.44 Å². The van der Waals surface area contributed by atoms with E-state index >= 15 is 0 Å². The molecule has 0 aromatic heterocycles. The van der Waals surface area contributed by atoms with E-state index in [9.17, 15) is 0 Å². The van der Waals surface area contributed by atoms with Gasteiger partial charge in [0.15, 0.2) is 0 Å². The molecular formula is C17H18ClSn. The molecule has 0 spiro atoms. The molecule has 0 N–H and O–H groups in total. The molecular weight excluding hydrogens is 358 g/mol. The number of halogens is 1.